The van der Waals surface area contributed by atoms with E-state index in [0.29, 0.717) is 18.6 Å². The zero-order valence-corrected chi connectivity index (χ0v) is 10.1. The van der Waals surface area contributed by atoms with E-state index in [-0.39, 0.29) is 10.6 Å². The van der Waals surface area contributed by atoms with Gasteiger partial charge in [0, 0.05) is 11.6 Å². The quantitative estimate of drug-likeness (QED) is 0.907. The average molecular weight is 259 g/mol. The SMILES string of the molecule is COc1cc(Cl)c(F)c(C2(C(=O)O)CCC2)c1. The number of hydrogen-bond donors (Lipinski definition) is 1. The lowest BCUT2D eigenvalue weighted by Gasteiger charge is -2.38. The molecule has 0 radical (unpaired) electrons. The van der Waals surface area contributed by atoms with Crippen molar-refractivity contribution >= 4 is 17.6 Å². The van der Waals surface area contributed by atoms with Gasteiger partial charge in [-0.2, -0.15) is 0 Å². The number of aliphatic carboxylic acids is 1. The molecule has 0 aromatic heterocycles. The van der Waals surface area contributed by atoms with E-state index in [0.717, 1.165) is 6.42 Å². The smallest absolute Gasteiger partial charge is 0.314 e. The van der Waals surface area contributed by atoms with Crippen molar-refractivity contribution in [3.05, 3.63) is 28.5 Å². The summed E-state index contributed by atoms with van der Waals surface area (Å²) in [4.78, 5) is 11.3. The molecule has 0 atom stereocenters. The van der Waals surface area contributed by atoms with Crippen LogP contribution in [0.5, 0.6) is 5.75 Å². The van der Waals surface area contributed by atoms with Crippen molar-refractivity contribution in [2.75, 3.05) is 7.11 Å². The van der Waals surface area contributed by atoms with Crippen LogP contribution in [0.4, 0.5) is 4.39 Å². The molecule has 17 heavy (non-hydrogen) atoms. The van der Waals surface area contributed by atoms with Gasteiger partial charge >= 0.3 is 5.97 Å². The van der Waals surface area contributed by atoms with Crippen molar-refractivity contribution in [1.29, 1.82) is 0 Å². The predicted octanol–water partition coefficient (Wildman–Crippen LogP) is 2.99. The Labute approximate surface area is 103 Å². The van der Waals surface area contributed by atoms with Crippen molar-refractivity contribution in [3.63, 3.8) is 0 Å². The maximum atomic E-state index is 13.9. The molecule has 1 saturated carbocycles. The number of hydrogen-bond acceptors (Lipinski definition) is 2. The van der Waals surface area contributed by atoms with E-state index in [9.17, 15) is 14.3 Å². The van der Waals surface area contributed by atoms with Crippen LogP contribution < -0.4 is 4.74 Å². The lowest BCUT2D eigenvalue weighted by molar-refractivity contribution is -0.147. The van der Waals surface area contributed by atoms with Crippen LogP contribution in [0.3, 0.4) is 0 Å². The minimum Gasteiger partial charge on any atom is -0.497 e. The molecule has 1 fully saturated rings. The Bertz CT molecular complexity index is 469. The topological polar surface area (TPSA) is 46.5 Å². The lowest BCUT2D eigenvalue weighted by Crippen LogP contribution is -2.43. The fourth-order valence-corrected chi connectivity index (χ4v) is 2.37. The van der Waals surface area contributed by atoms with Crippen LogP contribution >= 0.6 is 11.6 Å². The highest BCUT2D eigenvalue weighted by molar-refractivity contribution is 6.31. The summed E-state index contributed by atoms with van der Waals surface area (Å²) in [5.74, 6) is -1.29. The molecule has 3 nitrogen and oxygen atoms in total. The fraction of sp³-hybridized carbons (Fsp3) is 0.417. The molecule has 5 heteroatoms. The van der Waals surface area contributed by atoms with Gasteiger partial charge in [-0.05, 0) is 18.9 Å². The molecule has 0 saturated heterocycles. The van der Waals surface area contributed by atoms with Gasteiger partial charge in [-0.25, -0.2) is 4.39 Å². The molecule has 0 amide bonds. The molecular weight excluding hydrogens is 247 g/mol. The lowest BCUT2D eigenvalue weighted by atomic mass is 9.64. The van der Waals surface area contributed by atoms with Gasteiger partial charge < -0.3 is 9.84 Å². The van der Waals surface area contributed by atoms with E-state index in [1.807, 2.05) is 0 Å². The minimum atomic E-state index is -1.14. The summed E-state index contributed by atoms with van der Waals surface area (Å²) in [6.45, 7) is 0. The first-order valence-electron chi connectivity index (χ1n) is 5.28. The molecule has 1 aliphatic rings. The van der Waals surface area contributed by atoms with Crippen molar-refractivity contribution < 1.29 is 19.0 Å². The number of methoxy groups -OCH3 is 1. The predicted molar refractivity (Wildman–Crippen MR) is 61.1 cm³/mol. The second-order valence-electron chi connectivity index (χ2n) is 4.21. The van der Waals surface area contributed by atoms with Gasteiger partial charge in [-0.1, -0.05) is 18.0 Å². The van der Waals surface area contributed by atoms with Gasteiger partial charge in [0.15, 0.2) is 0 Å². The van der Waals surface area contributed by atoms with Crippen LogP contribution in [0.15, 0.2) is 12.1 Å². The Morgan fingerprint density at radius 1 is 1.53 bits per heavy atom. The highest BCUT2D eigenvalue weighted by Gasteiger charge is 2.48. The monoisotopic (exact) mass is 258 g/mol. The Morgan fingerprint density at radius 2 is 2.18 bits per heavy atom. The molecule has 1 aromatic carbocycles. The van der Waals surface area contributed by atoms with Crippen LogP contribution in [-0.4, -0.2) is 18.2 Å². The summed E-state index contributed by atoms with van der Waals surface area (Å²) in [7, 11) is 1.43. The summed E-state index contributed by atoms with van der Waals surface area (Å²) in [5, 5.41) is 9.16. The third-order valence-electron chi connectivity index (χ3n) is 3.37. The van der Waals surface area contributed by atoms with E-state index in [1.165, 1.54) is 19.2 Å². The highest BCUT2D eigenvalue weighted by Crippen LogP contribution is 2.47. The molecule has 0 heterocycles. The molecule has 1 aromatic rings. The van der Waals surface area contributed by atoms with Crippen molar-refractivity contribution in [2.24, 2.45) is 0 Å². The Hall–Kier alpha value is -1.29. The standard InChI is InChI=1S/C12H12ClFO3/c1-17-7-5-8(10(14)9(13)6-7)12(11(15)16)3-2-4-12/h5-6H,2-4H2,1H3,(H,15,16). The molecule has 0 spiro atoms. The molecule has 1 N–H and O–H groups in total. The van der Waals surface area contributed by atoms with Crippen molar-refractivity contribution in [3.8, 4) is 5.75 Å². The molecular formula is C12H12ClFO3. The van der Waals surface area contributed by atoms with E-state index in [1.54, 1.807) is 0 Å². The first-order valence-corrected chi connectivity index (χ1v) is 5.66. The first kappa shape index (κ1) is 12.2. The molecule has 0 bridgehead atoms. The van der Waals surface area contributed by atoms with Crippen LogP contribution in [0.25, 0.3) is 0 Å². The van der Waals surface area contributed by atoms with Gasteiger partial charge in [-0.3, -0.25) is 4.79 Å². The third kappa shape index (κ3) is 1.76. The van der Waals surface area contributed by atoms with Gasteiger partial charge in [0.1, 0.15) is 11.6 Å². The van der Waals surface area contributed by atoms with Crippen LogP contribution in [0.1, 0.15) is 24.8 Å². The van der Waals surface area contributed by atoms with Crippen LogP contribution in [0, 0.1) is 5.82 Å². The molecule has 0 aliphatic heterocycles. The number of ether oxygens (including phenoxy) is 1. The number of carbonyl (C=O) groups is 1. The summed E-state index contributed by atoms with van der Waals surface area (Å²) < 4.78 is 18.9. The number of benzene rings is 1. The van der Waals surface area contributed by atoms with E-state index >= 15 is 0 Å². The van der Waals surface area contributed by atoms with Crippen LogP contribution in [-0.2, 0) is 10.2 Å². The normalized spacial score (nSPS) is 17.4. The maximum absolute atomic E-state index is 13.9. The summed E-state index contributed by atoms with van der Waals surface area (Å²) >= 11 is 5.74. The Balaban J connectivity index is 2.57. The molecule has 92 valence electrons. The fourth-order valence-electron chi connectivity index (χ4n) is 2.16. The molecule has 0 unspecified atom stereocenters. The third-order valence-corrected chi connectivity index (χ3v) is 3.64. The van der Waals surface area contributed by atoms with Gasteiger partial charge in [0.2, 0.25) is 0 Å². The van der Waals surface area contributed by atoms with Gasteiger partial charge in [0.05, 0.1) is 17.5 Å². The van der Waals surface area contributed by atoms with Crippen molar-refractivity contribution in [1.82, 2.24) is 0 Å². The van der Waals surface area contributed by atoms with Crippen LogP contribution in [0.2, 0.25) is 5.02 Å². The largest absolute Gasteiger partial charge is 0.497 e. The average Bonchev–Trinajstić information content (AvgIpc) is 2.21. The number of rotatable bonds is 3. The zero-order valence-electron chi connectivity index (χ0n) is 9.30. The number of halogens is 2. The Morgan fingerprint density at radius 3 is 2.59 bits per heavy atom. The van der Waals surface area contributed by atoms with Crippen molar-refractivity contribution in [2.45, 2.75) is 24.7 Å². The number of carboxylic acids is 1. The second kappa shape index (κ2) is 4.18. The van der Waals surface area contributed by atoms with E-state index < -0.39 is 17.2 Å². The van der Waals surface area contributed by atoms with E-state index in [2.05, 4.69) is 0 Å². The summed E-state index contributed by atoms with van der Waals surface area (Å²) in [6, 6.07) is 2.77. The maximum Gasteiger partial charge on any atom is 0.314 e. The second-order valence-corrected chi connectivity index (χ2v) is 4.62. The number of carboxylic acid groups (broad SMARTS) is 1. The van der Waals surface area contributed by atoms with E-state index in [4.69, 9.17) is 16.3 Å². The molecule has 1 aliphatic carbocycles. The zero-order chi connectivity index (χ0) is 12.6. The minimum absolute atomic E-state index is 0.105. The summed E-state index contributed by atoms with van der Waals surface area (Å²) in [5.41, 5.74) is -1.01. The highest BCUT2D eigenvalue weighted by atomic mass is 35.5. The molecule has 2 rings (SSSR count). The van der Waals surface area contributed by atoms with Gasteiger partial charge in [-0.15, -0.1) is 0 Å². The summed E-state index contributed by atoms with van der Waals surface area (Å²) in [6.07, 6.45) is 1.64. The van der Waals surface area contributed by atoms with Gasteiger partial charge in [0.25, 0.3) is 0 Å². The Kier molecular flexibility index (Phi) is 3.00. The first-order chi connectivity index (χ1) is 8.01.